The summed E-state index contributed by atoms with van der Waals surface area (Å²) in [5, 5.41) is 0. The van der Waals surface area contributed by atoms with Crippen LogP contribution in [0.25, 0.3) is 0 Å². The van der Waals surface area contributed by atoms with Crippen molar-refractivity contribution in [3.63, 3.8) is 0 Å². The lowest BCUT2D eigenvalue weighted by atomic mass is 10.2. The number of carbonyl (C=O) groups excluding carboxylic acids is 1. The van der Waals surface area contributed by atoms with Gasteiger partial charge in [-0.1, -0.05) is 37.3 Å². The van der Waals surface area contributed by atoms with Crippen molar-refractivity contribution in [3.05, 3.63) is 35.9 Å². The van der Waals surface area contributed by atoms with E-state index in [1.54, 1.807) is 0 Å². The number of hydrogen-bond acceptors (Lipinski definition) is 2. The Balaban J connectivity index is 2.24. The third kappa shape index (κ3) is 3.85. The molecule has 0 heterocycles. The Labute approximate surface area is 78.5 Å². The number of Topliss-reactive ketones (excluding diaryl/α,β-unsaturated/α-hetero) is 1. The predicted molar refractivity (Wildman–Crippen MR) is 51.4 cm³/mol. The zero-order chi connectivity index (χ0) is 9.52. The van der Waals surface area contributed by atoms with Crippen LogP contribution >= 0.6 is 0 Å². The minimum atomic E-state index is 0.149. The summed E-state index contributed by atoms with van der Waals surface area (Å²) < 4.78 is 5.22. The number of ketones is 1. The third-order valence-electron chi connectivity index (χ3n) is 1.77. The summed E-state index contributed by atoms with van der Waals surface area (Å²) >= 11 is 0. The highest BCUT2D eigenvalue weighted by Crippen LogP contribution is 2.00. The highest BCUT2D eigenvalue weighted by atomic mass is 16.5. The summed E-state index contributed by atoms with van der Waals surface area (Å²) in [6.45, 7) is 2.59. The van der Waals surface area contributed by atoms with Gasteiger partial charge in [-0.05, 0) is 5.56 Å². The van der Waals surface area contributed by atoms with Crippen LogP contribution in [0.5, 0.6) is 0 Å². The van der Waals surface area contributed by atoms with Gasteiger partial charge in [-0.15, -0.1) is 0 Å². The van der Waals surface area contributed by atoms with Crippen molar-refractivity contribution in [1.82, 2.24) is 0 Å². The maximum Gasteiger partial charge on any atom is 0.158 e. The van der Waals surface area contributed by atoms with Gasteiger partial charge >= 0.3 is 0 Å². The molecule has 1 aromatic rings. The molecule has 0 fully saturated rings. The van der Waals surface area contributed by atoms with Crippen LogP contribution in [-0.4, -0.2) is 12.4 Å². The van der Waals surface area contributed by atoms with Gasteiger partial charge < -0.3 is 4.74 Å². The van der Waals surface area contributed by atoms with E-state index in [0.29, 0.717) is 13.0 Å². The smallest absolute Gasteiger partial charge is 0.158 e. The van der Waals surface area contributed by atoms with Crippen LogP contribution in [0, 0.1) is 0 Å². The molecule has 0 radical (unpaired) electrons. The van der Waals surface area contributed by atoms with E-state index < -0.39 is 0 Å². The lowest BCUT2D eigenvalue weighted by Crippen LogP contribution is -2.06. The van der Waals surface area contributed by atoms with E-state index in [4.69, 9.17) is 4.74 Å². The molecule has 0 aliphatic carbocycles. The Kier molecular flexibility index (Phi) is 4.19. The first kappa shape index (κ1) is 9.93. The van der Waals surface area contributed by atoms with Gasteiger partial charge in [0, 0.05) is 6.42 Å². The number of hydrogen-bond donors (Lipinski definition) is 0. The van der Waals surface area contributed by atoms with Crippen LogP contribution in [0.3, 0.4) is 0 Å². The molecule has 2 heteroatoms. The Hall–Kier alpha value is -1.15. The van der Waals surface area contributed by atoms with Crippen molar-refractivity contribution in [2.45, 2.75) is 20.0 Å². The van der Waals surface area contributed by atoms with Gasteiger partial charge in [0.05, 0.1) is 6.61 Å². The predicted octanol–water partition coefficient (Wildman–Crippen LogP) is 2.18. The zero-order valence-electron chi connectivity index (χ0n) is 7.82. The minimum Gasteiger partial charge on any atom is -0.369 e. The van der Waals surface area contributed by atoms with Gasteiger partial charge in [0.1, 0.15) is 6.61 Å². The highest BCUT2D eigenvalue weighted by Gasteiger charge is 1.97. The van der Waals surface area contributed by atoms with Gasteiger partial charge in [0.2, 0.25) is 0 Å². The fourth-order valence-corrected chi connectivity index (χ4v) is 0.959. The number of ether oxygens (including phenoxy) is 1. The van der Waals surface area contributed by atoms with Crippen LogP contribution in [0.4, 0.5) is 0 Å². The standard InChI is InChI=1S/C11H14O2/c1-2-11(12)9-13-8-10-6-4-3-5-7-10/h3-7H,2,8-9H2,1H3. The quantitative estimate of drug-likeness (QED) is 0.690. The van der Waals surface area contributed by atoms with Crippen molar-refractivity contribution < 1.29 is 9.53 Å². The number of carbonyl (C=O) groups is 1. The fourth-order valence-electron chi connectivity index (χ4n) is 0.959. The van der Waals surface area contributed by atoms with E-state index in [1.165, 1.54) is 0 Å². The summed E-state index contributed by atoms with van der Waals surface area (Å²) in [4.78, 5) is 10.9. The molecule has 0 spiro atoms. The van der Waals surface area contributed by atoms with Crippen molar-refractivity contribution >= 4 is 5.78 Å². The van der Waals surface area contributed by atoms with Gasteiger partial charge in [-0.3, -0.25) is 4.79 Å². The molecule has 13 heavy (non-hydrogen) atoms. The first-order chi connectivity index (χ1) is 6.33. The van der Waals surface area contributed by atoms with Crippen LogP contribution in [0.2, 0.25) is 0 Å². The largest absolute Gasteiger partial charge is 0.369 e. The van der Waals surface area contributed by atoms with E-state index in [-0.39, 0.29) is 12.4 Å². The molecule has 0 amide bonds. The molecule has 0 aliphatic heterocycles. The molecular weight excluding hydrogens is 164 g/mol. The Morgan fingerprint density at radius 3 is 2.62 bits per heavy atom. The first-order valence-corrected chi connectivity index (χ1v) is 4.46. The monoisotopic (exact) mass is 178 g/mol. The third-order valence-corrected chi connectivity index (χ3v) is 1.77. The van der Waals surface area contributed by atoms with Gasteiger partial charge in [0.15, 0.2) is 5.78 Å². The summed E-state index contributed by atoms with van der Waals surface area (Å²) in [6, 6.07) is 9.84. The lowest BCUT2D eigenvalue weighted by Gasteiger charge is -2.01. The second-order valence-corrected chi connectivity index (χ2v) is 2.87. The summed E-state index contributed by atoms with van der Waals surface area (Å²) in [7, 11) is 0. The van der Waals surface area contributed by atoms with E-state index >= 15 is 0 Å². The Bertz CT molecular complexity index is 254. The zero-order valence-corrected chi connectivity index (χ0v) is 7.82. The van der Waals surface area contributed by atoms with Crippen molar-refractivity contribution in [2.75, 3.05) is 6.61 Å². The summed E-state index contributed by atoms with van der Waals surface area (Å²) in [5.74, 6) is 0.149. The van der Waals surface area contributed by atoms with Crippen molar-refractivity contribution in [2.24, 2.45) is 0 Å². The molecule has 0 bridgehead atoms. The second kappa shape index (κ2) is 5.49. The van der Waals surface area contributed by atoms with E-state index in [1.807, 2.05) is 37.3 Å². The van der Waals surface area contributed by atoms with Crippen LogP contribution < -0.4 is 0 Å². The van der Waals surface area contributed by atoms with Crippen LogP contribution in [0.15, 0.2) is 30.3 Å². The van der Waals surface area contributed by atoms with E-state index in [2.05, 4.69) is 0 Å². The molecule has 2 nitrogen and oxygen atoms in total. The Morgan fingerprint density at radius 1 is 1.31 bits per heavy atom. The molecule has 1 rings (SSSR count). The number of rotatable bonds is 5. The van der Waals surface area contributed by atoms with Crippen LogP contribution in [-0.2, 0) is 16.1 Å². The van der Waals surface area contributed by atoms with Gasteiger partial charge in [-0.25, -0.2) is 0 Å². The molecular formula is C11H14O2. The molecule has 0 aliphatic rings. The maximum atomic E-state index is 10.9. The van der Waals surface area contributed by atoms with Gasteiger partial charge in [0.25, 0.3) is 0 Å². The molecule has 0 atom stereocenters. The SMILES string of the molecule is CCC(=O)COCc1ccccc1. The molecule has 0 unspecified atom stereocenters. The average Bonchev–Trinajstić information content (AvgIpc) is 2.19. The van der Waals surface area contributed by atoms with E-state index in [0.717, 1.165) is 5.56 Å². The summed E-state index contributed by atoms with van der Waals surface area (Å²) in [5.41, 5.74) is 1.10. The molecule has 1 aromatic carbocycles. The normalized spacial score (nSPS) is 9.92. The molecule has 0 saturated carbocycles. The molecule has 0 aromatic heterocycles. The molecule has 0 saturated heterocycles. The van der Waals surface area contributed by atoms with Gasteiger partial charge in [-0.2, -0.15) is 0 Å². The molecule has 0 N–H and O–H groups in total. The maximum absolute atomic E-state index is 10.9. The number of benzene rings is 1. The van der Waals surface area contributed by atoms with E-state index in [9.17, 15) is 4.79 Å². The average molecular weight is 178 g/mol. The fraction of sp³-hybridized carbons (Fsp3) is 0.364. The van der Waals surface area contributed by atoms with Crippen molar-refractivity contribution in [3.8, 4) is 0 Å². The Morgan fingerprint density at radius 2 is 2.00 bits per heavy atom. The van der Waals surface area contributed by atoms with Crippen LogP contribution in [0.1, 0.15) is 18.9 Å². The highest BCUT2D eigenvalue weighted by molar-refractivity contribution is 5.79. The van der Waals surface area contributed by atoms with Crippen molar-refractivity contribution in [1.29, 1.82) is 0 Å². The second-order valence-electron chi connectivity index (χ2n) is 2.87. The first-order valence-electron chi connectivity index (χ1n) is 4.46. The molecule has 70 valence electrons. The minimum absolute atomic E-state index is 0.149. The summed E-state index contributed by atoms with van der Waals surface area (Å²) in [6.07, 6.45) is 0.550. The lowest BCUT2D eigenvalue weighted by molar-refractivity contribution is -0.123. The topological polar surface area (TPSA) is 26.3 Å².